The number of thioether (sulfide) groups is 1. The van der Waals surface area contributed by atoms with Gasteiger partial charge in [0.15, 0.2) is 16.0 Å². The number of nitrogens with one attached hydrogen (secondary N) is 1. The summed E-state index contributed by atoms with van der Waals surface area (Å²) in [7, 11) is 1.62. The molecule has 5 aromatic rings. The number of rotatable bonds is 8. The predicted octanol–water partition coefficient (Wildman–Crippen LogP) is 5.70. The molecule has 2 aromatic carbocycles. The third-order valence-electron chi connectivity index (χ3n) is 5.14. The zero-order valence-corrected chi connectivity index (χ0v) is 20.6. The Morgan fingerprint density at radius 3 is 2.63 bits per heavy atom. The first-order chi connectivity index (χ1) is 17.1. The highest BCUT2D eigenvalue weighted by Crippen LogP contribution is 2.30. The summed E-state index contributed by atoms with van der Waals surface area (Å²) < 4.78 is 12.7. The molecule has 35 heavy (non-hydrogen) atoms. The summed E-state index contributed by atoms with van der Waals surface area (Å²) in [6, 6.07) is 19.3. The second-order valence-electron chi connectivity index (χ2n) is 7.56. The van der Waals surface area contributed by atoms with Gasteiger partial charge in [0.2, 0.25) is 11.7 Å². The van der Waals surface area contributed by atoms with Gasteiger partial charge in [0.25, 0.3) is 0 Å². The fraction of sp³-hybridized carbons (Fsp3) is 0.120. The first kappa shape index (κ1) is 22.9. The molecule has 0 radical (unpaired) electrons. The zero-order valence-electron chi connectivity index (χ0n) is 19.0. The minimum atomic E-state index is -0.177. The van der Waals surface area contributed by atoms with Gasteiger partial charge in [0.1, 0.15) is 5.75 Å². The lowest BCUT2D eigenvalue weighted by molar-refractivity contribution is -0.113. The van der Waals surface area contributed by atoms with Crippen LogP contribution in [0.1, 0.15) is 5.56 Å². The fourth-order valence-corrected chi connectivity index (χ4v) is 4.85. The average molecular weight is 504 g/mol. The molecule has 10 heteroatoms. The van der Waals surface area contributed by atoms with Crippen LogP contribution in [0.15, 0.2) is 81.9 Å². The first-order valence-electron chi connectivity index (χ1n) is 10.7. The second-order valence-corrected chi connectivity index (χ2v) is 9.36. The van der Waals surface area contributed by atoms with Crippen LogP contribution < -0.4 is 10.1 Å². The van der Waals surface area contributed by atoms with Crippen molar-refractivity contribution in [2.75, 3.05) is 18.2 Å². The molecule has 5 rings (SSSR count). The number of methoxy groups -OCH3 is 1. The monoisotopic (exact) mass is 503 g/mol. The van der Waals surface area contributed by atoms with Crippen molar-refractivity contribution < 1.29 is 13.9 Å². The number of hydrogen-bond acceptors (Lipinski definition) is 8. The van der Waals surface area contributed by atoms with Crippen molar-refractivity contribution in [2.45, 2.75) is 12.1 Å². The number of benzene rings is 2. The van der Waals surface area contributed by atoms with E-state index in [2.05, 4.69) is 20.5 Å². The Balaban J connectivity index is 1.31. The van der Waals surface area contributed by atoms with E-state index in [0.717, 1.165) is 22.7 Å². The molecular formula is C25H21N5O3S2. The largest absolute Gasteiger partial charge is 0.497 e. The number of hydrogen-bond donors (Lipinski definition) is 1. The van der Waals surface area contributed by atoms with Crippen LogP contribution >= 0.6 is 23.1 Å². The number of aromatic nitrogens is 4. The third-order valence-corrected chi connectivity index (χ3v) is 6.82. The summed E-state index contributed by atoms with van der Waals surface area (Å²) in [6.45, 7) is 2.04. The van der Waals surface area contributed by atoms with E-state index in [4.69, 9.17) is 9.15 Å². The normalized spacial score (nSPS) is 10.9. The van der Waals surface area contributed by atoms with Crippen LogP contribution in [-0.4, -0.2) is 38.5 Å². The van der Waals surface area contributed by atoms with Crippen molar-refractivity contribution in [1.82, 2.24) is 19.7 Å². The minimum absolute atomic E-state index is 0.145. The molecule has 0 aliphatic rings. The highest BCUT2D eigenvalue weighted by atomic mass is 32.2. The molecule has 0 saturated carbocycles. The first-order valence-corrected chi connectivity index (χ1v) is 12.6. The van der Waals surface area contributed by atoms with Crippen molar-refractivity contribution in [3.05, 3.63) is 77.9 Å². The van der Waals surface area contributed by atoms with Gasteiger partial charge in [0, 0.05) is 10.9 Å². The molecule has 3 aromatic heterocycles. The van der Waals surface area contributed by atoms with Gasteiger partial charge >= 0.3 is 0 Å². The number of nitrogens with zero attached hydrogens (tertiary/aromatic N) is 4. The number of furan rings is 1. The highest BCUT2D eigenvalue weighted by molar-refractivity contribution is 7.99. The Bertz CT molecular complexity index is 1430. The molecule has 0 aliphatic heterocycles. The molecule has 176 valence electrons. The third kappa shape index (κ3) is 5.13. The maximum absolute atomic E-state index is 12.7. The molecule has 3 heterocycles. The van der Waals surface area contributed by atoms with Crippen LogP contribution in [0.25, 0.3) is 28.5 Å². The average Bonchev–Trinajstić information content (AvgIpc) is 3.64. The topological polar surface area (TPSA) is 95.1 Å². The lowest BCUT2D eigenvalue weighted by Gasteiger charge is -2.10. The van der Waals surface area contributed by atoms with Crippen LogP contribution in [0.5, 0.6) is 5.75 Å². The Labute approximate surface area is 210 Å². The molecule has 1 amide bonds. The molecule has 0 bridgehead atoms. The quantitative estimate of drug-likeness (QED) is 0.271. The summed E-state index contributed by atoms with van der Waals surface area (Å²) in [5, 5.41) is 14.6. The second kappa shape index (κ2) is 10.2. The lowest BCUT2D eigenvalue weighted by Crippen LogP contribution is -2.14. The molecule has 0 atom stereocenters. The number of anilines is 1. The van der Waals surface area contributed by atoms with Gasteiger partial charge in [-0.1, -0.05) is 41.6 Å². The number of carbonyl (C=O) groups excluding carboxylic acids is 1. The van der Waals surface area contributed by atoms with Crippen molar-refractivity contribution in [1.29, 1.82) is 0 Å². The summed E-state index contributed by atoms with van der Waals surface area (Å²) in [5.41, 5.74) is 3.86. The SMILES string of the molecule is COc1ccc(-n2c(SCC(=O)Nc3nc(-c4ccc(C)cc4)cs3)nnc2-c2ccco2)cc1. The van der Waals surface area contributed by atoms with Crippen LogP contribution in [0.3, 0.4) is 0 Å². The van der Waals surface area contributed by atoms with Crippen LogP contribution in [-0.2, 0) is 4.79 Å². The van der Waals surface area contributed by atoms with Gasteiger partial charge in [-0.25, -0.2) is 4.98 Å². The summed E-state index contributed by atoms with van der Waals surface area (Å²) in [5.74, 6) is 1.83. The highest BCUT2D eigenvalue weighted by Gasteiger charge is 2.19. The number of aryl methyl sites for hydroxylation is 1. The molecule has 0 fully saturated rings. The zero-order chi connectivity index (χ0) is 24.2. The van der Waals surface area contributed by atoms with E-state index in [1.165, 1.54) is 28.7 Å². The summed E-state index contributed by atoms with van der Waals surface area (Å²) in [6.07, 6.45) is 1.58. The van der Waals surface area contributed by atoms with E-state index in [9.17, 15) is 4.79 Å². The number of carbonyl (C=O) groups is 1. The summed E-state index contributed by atoms with van der Waals surface area (Å²) >= 11 is 2.68. The Hall–Kier alpha value is -3.89. The number of thiazole rings is 1. The van der Waals surface area contributed by atoms with Gasteiger partial charge < -0.3 is 14.5 Å². The summed E-state index contributed by atoms with van der Waals surface area (Å²) in [4.78, 5) is 17.2. The van der Waals surface area contributed by atoms with Gasteiger partial charge in [-0.2, -0.15) is 0 Å². The maximum atomic E-state index is 12.7. The molecule has 0 aliphatic carbocycles. The minimum Gasteiger partial charge on any atom is -0.497 e. The van der Waals surface area contributed by atoms with Gasteiger partial charge in [-0.05, 0) is 43.3 Å². The van der Waals surface area contributed by atoms with Gasteiger partial charge in [-0.3, -0.25) is 9.36 Å². The number of ether oxygens (including phenoxy) is 1. The van der Waals surface area contributed by atoms with Crippen molar-refractivity contribution in [2.24, 2.45) is 0 Å². The van der Waals surface area contributed by atoms with Crippen LogP contribution in [0.4, 0.5) is 5.13 Å². The molecule has 0 spiro atoms. The van der Waals surface area contributed by atoms with E-state index in [1.807, 2.05) is 71.5 Å². The van der Waals surface area contributed by atoms with Crippen LogP contribution in [0.2, 0.25) is 0 Å². The molecule has 1 N–H and O–H groups in total. The van der Waals surface area contributed by atoms with E-state index < -0.39 is 0 Å². The van der Waals surface area contributed by atoms with Gasteiger partial charge in [0.05, 0.1) is 30.5 Å². The van der Waals surface area contributed by atoms with Crippen molar-refractivity contribution in [3.63, 3.8) is 0 Å². The number of amides is 1. The van der Waals surface area contributed by atoms with E-state index >= 15 is 0 Å². The Morgan fingerprint density at radius 1 is 1.11 bits per heavy atom. The van der Waals surface area contributed by atoms with E-state index in [0.29, 0.717) is 21.9 Å². The maximum Gasteiger partial charge on any atom is 0.236 e. The molecule has 0 unspecified atom stereocenters. The van der Waals surface area contributed by atoms with Crippen molar-refractivity contribution in [3.8, 4) is 34.3 Å². The molecular weight excluding hydrogens is 482 g/mol. The molecule has 0 saturated heterocycles. The predicted molar refractivity (Wildman–Crippen MR) is 137 cm³/mol. The fourth-order valence-electron chi connectivity index (χ4n) is 3.37. The smallest absolute Gasteiger partial charge is 0.236 e. The molecule has 8 nitrogen and oxygen atoms in total. The Kier molecular flexibility index (Phi) is 6.64. The van der Waals surface area contributed by atoms with Crippen molar-refractivity contribution >= 4 is 34.1 Å². The van der Waals surface area contributed by atoms with E-state index in [1.54, 1.807) is 19.4 Å². The Morgan fingerprint density at radius 2 is 1.91 bits per heavy atom. The standard InChI is InChI=1S/C25H21N5O3S2/c1-16-5-7-17(8-6-16)20-14-34-24(26-20)27-22(31)15-35-25-29-28-23(21-4-3-13-33-21)30(25)18-9-11-19(32-2)12-10-18/h3-14H,15H2,1-2H3,(H,26,27,31). The van der Waals surface area contributed by atoms with Gasteiger partial charge in [-0.15, -0.1) is 21.5 Å². The van der Waals surface area contributed by atoms with Crippen LogP contribution in [0, 0.1) is 6.92 Å². The lowest BCUT2D eigenvalue weighted by atomic mass is 10.1. The van der Waals surface area contributed by atoms with E-state index in [-0.39, 0.29) is 11.7 Å².